The smallest absolute Gasteiger partial charge is 0.387 e. The topological polar surface area (TPSA) is 108 Å². The molecule has 1 aliphatic heterocycles. The van der Waals surface area contributed by atoms with Gasteiger partial charge in [0, 0.05) is 35.7 Å². The van der Waals surface area contributed by atoms with Crippen molar-refractivity contribution in [2.45, 2.75) is 25.9 Å². The van der Waals surface area contributed by atoms with Crippen LogP contribution in [0, 0.1) is 10.1 Å². The van der Waals surface area contributed by atoms with Crippen molar-refractivity contribution in [1.29, 1.82) is 0 Å². The zero-order chi connectivity index (χ0) is 18.7. The lowest BCUT2D eigenvalue weighted by molar-refractivity contribution is -0.385. The third kappa shape index (κ3) is 3.90. The van der Waals surface area contributed by atoms with E-state index in [9.17, 15) is 28.5 Å². The molecule has 0 saturated heterocycles. The molecule has 8 nitrogen and oxygen atoms in total. The van der Waals surface area contributed by atoms with E-state index in [1.165, 1.54) is 6.92 Å². The van der Waals surface area contributed by atoms with E-state index in [1.807, 2.05) is 0 Å². The molecule has 0 aliphatic carbocycles. The Labute approximate surface area is 140 Å². The van der Waals surface area contributed by atoms with Crippen molar-refractivity contribution in [3.05, 3.63) is 45.1 Å². The first-order valence-corrected chi connectivity index (χ1v) is 7.06. The van der Waals surface area contributed by atoms with Crippen LogP contribution in [-0.4, -0.2) is 30.5 Å². The molecule has 0 aromatic heterocycles. The van der Waals surface area contributed by atoms with Gasteiger partial charge in [-0.25, -0.2) is 4.79 Å². The molecule has 2 rings (SSSR count). The highest BCUT2D eigenvalue weighted by atomic mass is 19.3. The number of nitro benzene ring substituents is 1. The Morgan fingerprint density at radius 1 is 1.44 bits per heavy atom. The predicted octanol–water partition coefficient (Wildman–Crippen LogP) is 2.25. The van der Waals surface area contributed by atoms with Crippen LogP contribution >= 0.6 is 0 Å². The maximum absolute atomic E-state index is 12.7. The first kappa shape index (κ1) is 18.3. The standard InChI is InChI=1S/C15H14F2N2O6/c1-7-13(14(21)24-2)10(6-12(20)18-7)9-5-8(19(22)23)3-4-11(9)25-15(16)17/h3-5,10,15H,6H2,1-2H3,(H,18,20). The Bertz CT molecular complexity index is 762. The summed E-state index contributed by atoms with van der Waals surface area (Å²) in [5.41, 5.74) is -0.252. The van der Waals surface area contributed by atoms with E-state index in [1.54, 1.807) is 0 Å². The summed E-state index contributed by atoms with van der Waals surface area (Å²) in [4.78, 5) is 34.2. The van der Waals surface area contributed by atoms with Crippen molar-refractivity contribution in [2.24, 2.45) is 0 Å². The van der Waals surface area contributed by atoms with Crippen molar-refractivity contribution < 1.29 is 32.8 Å². The van der Waals surface area contributed by atoms with Gasteiger partial charge in [-0.05, 0) is 13.0 Å². The van der Waals surface area contributed by atoms with Gasteiger partial charge in [-0.1, -0.05) is 0 Å². The number of rotatable bonds is 5. The van der Waals surface area contributed by atoms with Gasteiger partial charge in [0.25, 0.3) is 5.69 Å². The maximum atomic E-state index is 12.7. The third-order valence-corrected chi connectivity index (χ3v) is 3.67. The van der Waals surface area contributed by atoms with Crippen molar-refractivity contribution in [2.75, 3.05) is 7.11 Å². The first-order valence-electron chi connectivity index (χ1n) is 7.06. The van der Waals surface area contributed by atoms with E-state index in [-0.39, 0.29) is 34.7 Å². The Morgan fingerprint density at radius 3 is 2.68 bits per heavy atom. The second-order valence-corrected chi connectivity index (χ2v) is 5.19. The molecule has 1 unspecified atom stereocenters. The lowest BCUT2D eigenvalue weighted by atomic mass is 9.84. The van der Waals surface area contributed by atoms with E-state index in [0.29, 0.717) is 0 Å². The van der Waals surface area contributed by atoms with Crippen LogP contribution in [0.1, 0.15) is 24.8 Å². The molecule has 1 amide bonds. The summed E-state index contributed by atoms with van der Waals surface area (Å²) in [5, 5.41) is 13.5. The number of carbonyl (C=O) groups excluding carboxylic acids is 2. The minimum Gasteiger partial charge on any atom is -0.466 e. The van der Waals surface area contributed by atoms with E-state index in [0.717, 1.165) is 25.3 Å². The summed E-state index contributed by atoms with van der Waals surface area (Å²) in [6.45, 7) is -1.73. The van der Waals surface area contributed by atoms with Gasteiger partial charge >= 0.3 is 12.6 Å². The predicted molar refractivity (Wildman–Crippen MR) is 79.9 cm³/mol. The lowest BCUT2D eigenvalue weighted by Gasteiger charge is -2.27. The molecule has 25 heavy (non-hydrogen) atoms. The minimum atomic E-state index is -3.18. The van der Waals surface area contributed by atoms with Crippen LogP contribution in [0.3, 0.4) is 0 Å². The van der Waals surface area contributed by atoms with Crippen molar-refractivity contribution in [1.82, 2.24) is 5.32 Å². The SMILES string of the molecule is COC(=O)C1=C(C)NC(=O)CC1c1cc([N+](=O)[O-])ccc1OC(F)F. The highest BCUT2D eigenvalue weighted by molar-refractivity contribution is 5.96. The Hall–Kier alpha value is -3.04. The average Bonchev–Trinajstić information content (AvgIpc) is 2.53. The van der Waals surface area contributed by atoms with Crippen molar-refractivity contribution >= 4 is 17.6 Å². The number of nitro groups is 1. The van der Waals surface area contributed by atoms with E-state index < -0.39 is 29.3 Å². The Balaban J connectivity index is 2.64. The summed E-state index contributed by atoms with van der Waals surface area (Å²) in [5.74, 6) is -2.62. The van der Waals surface area contributed by atoms with Crippen LogP contribution in [0.15, 0.2) is 29.5 Å². The molecular weight excluding hydrogens is 342 g/mol. The molecule has 0 bridgehead atoms. The Kier molecular flexibility index (Phi) is 5.30. The summed E-state index contributed by atoms with van der Waals surface area (Å²) in [6, 6.07) is 3.02. The number of methoxy groups -OCH3 is 1. The molecule has 1 heterocycles. The van der Waals surface area contributed by atoms with Gasteiger partial charge in [-0.15, -0.1) is 0 Å². The number of alkyl halides is 2. The molecule has 0 fully saturated rings. The number of halogens is 2. The first-order chi connectivity index (χ1) is 11.7. The summed E-state index contributed by atoms with van der Waals surface area (Å²) in [6.07, 6.45) is -0.275. The molecule has 0 saturated carbocycles. The molecule has 1 aromatic carbocycles. The van der Waals surface area contributed by atoms with Gasteiger partial charge < -0.3 is 14.8 Å². The average molecular weight is 356 g/mol. The van der Waals surface area contributed by atoms with Gasteiger partial charge in [-0.3, -0.25) is 14.9 Å². The quantitative estimate of drug-likeness (QED) is 0.492. The minimum absolute atomic E-state index is 0.0155. The Morgan fingerprint density at radius 2 is 2.12 bits per heavy atom. The van der Waals surface area contributed by atoms with Crippen LogP contribution in [0.25, 0.3) is 0 Å². The molecule has 1 N–H and O–H groups in total. The fourth-order valence-electron chi connectivity index (χ4n) is 2.67. The van der Waals surface area contributed by atoms with Crippen LogP contribution in [0.2, 0.25) is 0 Å². The zero-order valence-corrected chi connectivity index (χ0v) is 13.2. The van der Waals surface area contributed by atoms with Crippen LogP contribution in [0.4, 0.5) is 14.5 Å². The number of carbonyl (C=O) groups is 2. The maximum Gasteiger partial charge on any atom is 0.387 e. The highest BCUT2D eigenvalue weighted by Gasteiger charge is 2.35. The van der Waals surface area contributed by atoms with Gasteiger partial charge in [0.15, 0.2) is 0 Å². The third-order valence-electron chi connectivity index (χ3n) is 3.67. The second-order valence-electron chi connectivity index (χ2n) is 5.19. The molecule has 0 radical (unpaired) electrons. The molecule has 134 valence electrons. The molecule has 1 atom stereocenters. The van der Waals surface area contributed by atoms with Crippen LogP contribution in [-0.2, 0) is 14.3 Å². The lowest BCUT2D eigenvalue weighted by Crippen LogP contribution is -2.34. The summed E-state index contributed by atoms with van der Waals surface area (Å²) in [7, 11) is 1.13. The molecule has 10 heteroatoms. The monoisotopic (exact) mass is 356 g/mol. The van der Waals surface area contributed by atoms with Crippen LogP contribution < -0.4 is 10.1 Å². The second kappa shape index (κ2) is 7.24. The van der Waals surface area contributed by atoms with Crippen LogP contribution in [0.5, 0.6) is 5.75 Å². The fraction of sp³-hybridized carbons (Fsp3) is 0.333. The van der Waals surface area contributed by atoms with E-state index in [2.05, 4.69) is 14.8 Å². The number of hydrogen-bond donors (Lipinski definition) is 1. The highest BCUT2D eigenvalue weighted by Crippen LogP contribution is 2.40. The number of esters is 1. The molecule has 0 spiro atoms. The van der Waals surface area contributed by atoms with Gasteiger partial charge in [0.2, 0.25) is 5.91 Å². The molecular formula is C15H14F2N2O6. The summed E-state index contributed by atoms with van der Waals surface area (Å²) >= 11 is 0. The number of ether oxygens (including phenoxy) is 2. The van der Waals surface area contributed by atoms with E-state index >= 15 is 0 Å². The summed E-state index contributed by atoms with van der Waals surface area (Å²) < 4.78 is 34.4. The molecule has 1 aromatic rings. The largest absolute Gasteiger partial charge is 0.466 e. The fourth-order valence-corrected chi connectivity index (χ4v) is 2.67. The van der Waals surface area contributed by atoms with Crippen molar-refractivity contribution in [3.8, 4) is 5.75 Å². The number of amides is 1. The number of hydrogen-bond acceptors (Lipinski definition) is 6. The number of non-ortho nitro benzene ring substituents is 1. The van der Waals surface area contributed by atoms with Gasteiger partial charge in [0.1, 0.15) is 5.75 Å². The molecule has 1 aliphatic rings. The number of benzene rings is 1. The van der Waals surface area contributed by atoms with E-state index in [4.69, 9.17) is 0 Å². The number of nitrogens with one attached hydrogen (secondary N) is 1. The van der Waals surface area contributed by atoms with Crippen molar-refractivity contribution in [3.63, 3.8) is 0 Å². The number of allylic oxidation sites excluding steroid dienone is 1. The normalized spacial score (nSPS) is 17.3. The zero-order valence-electron chi connectivity index (χ0n) is 13.2. The number of nitrogens with zero attached hydrogens (tertiary/aromatic N) is 1. The van der Waals surface area contributed by atoms with Gasteiger partial charge in [-0.2, -0.15) is 8.78 Å². The van der Waals surface area contributed by atoms with Gasteiger partial charge in [0.05, 0.1) is 17.6 Å².